The Morgan fingerprint density at radius 1 is 1.47 bits per heavy atom. The van der Waals surface area contributed by atoms with Gasteiger partial charge in [0.1, 0.15) is 5.82 Å². The summed E-state index contributed by atoms with van der Waals surface area (Å²) in [6.45, 7) is 3.94. The molecule has 17 heavy (non-hydrogen) atoms. The highest BCUT2D eigenvalue weighted by atomic mass is 19.1. The van der Waals surface area contributed by atoms with E-state index in [4.69, 9.17) is 5.73 Å². The first-order chi connectivity index (χ1) is 8.10. The summed E-state index contributed by atoms with van der Waals surface area (Å²) in [4.78, 5) is 0. The van der Waals surface area contributed by atoms with Gasteiger partial charge in [-0.05, 0) is 43.4 Å². The molecule has 1 aromatic carbocycles. The zero-order chi connectivity index (χ0) is 12.4. The molecular weight excluding hydrogens is 215 g/mol. The molecule has 0 spiro atoms. The molecule has 0 aromatic heterocycles. The smallest absolute Gasteiger partial charge is 0.128 e. The van der Waals surface area contributed by atoms with E-state index in [-0.39, 0.29) is 5.82 Å². The molecule has 0 heterocycles. The van der Waals surface area contributed by atoms with Crippen LogP contribution in [0.2, 0.25) is 0 Å². The fourth-order valence-electron chi connectivity index (χ4n) is 2.13. The standard InChI is InChI=1S/C14H21FN2/c1-3-11(7-10-4-5-10)17-14-6-9(2)12(15)8-13(14)16/h6,8,10-11,17H,3-5,7,16H2,1-2H3. The van der Waals surface area contributed by atoms with Crippen LogP contribution >= 0.6 is 0 Å². The molecule has 1 aliphatic rings. The predicted octanol–water partition coefficient (Wildman–Crippen LogP) is 3.71. The fraction of sp³-hybridized carbons (Fsp3) is 0.571. The number of nitrogens with one attached hydrogen (secondary N) is 1. The van der Waals surface area contributed by atoms with Crippen molar-refractivity contribution in [3.8, 4) is 0 Å². The number of anilines is 2. The molecule has 0 amide bonds. The molecule has 2 rings (SSSR count). The maximum absolute atomic E-state index is 13.3. The molecule has 0 saturated heterocycles. The van der Waals surface area contributed by atoms with Gasteiger partial charge in [0.2, 0.25) is 0 Å². The minimum Gasteiger partial charge on any atom is -0.397 e. The molecule has 0 bridgehead atoms. The Balaban J connectivity index is 2.07. The Hall–Kier alpha value is -1.25. The van der Waals surface area contributed by atoms with Crippen molar-refractivity contribution in [3.05, 3.63) is 23.5 Å². The third-order valence-corrected chi connectivity index (χ3v) is 3.50. The highest BCUT2D eigenvalue weighted by Crippen LogP contribution is 2.35. The van der Waals surface area contributed by atoms with Gasteiger partial charge in [-0.2, -0.15) is 0 Å². The second-order valence-corrected chi connectivity index (χ2v) is 5.12. The van der Waals surface area contributed by atoms with Crippen molar-refractivity contribution in [2.45, 2.75) is 45.6 Å². The molecule has 1 aromatic rings. The van der Waals surface area contributed by atoms with E-state index in [1.54, 1.807) is 13.0 Å². The van der Waals surface area contributed by atoms with Crippen LogP contribution in [0.1, 0.15) is 38.2 Å². The van der Waals surface area contributed by atoms with E-state index >= 15 is 0 Å². The SMILES string of the molecule is CCC(CC1CC1)Nc1cc(C)c(F)cc1N. The lowest BCUT2D eigenvalue weighted by Gasteiger charge is -2.20. The molecule has 1 fully saturated rings. The topological polar surface area (TPSA) is 38.0 Å². The molecule has 3 heteroatoms. The highest BCUT2D eigenvalue weighted by molar-refractivity contribution is 5.67. The van der Waals surface area contributed by atoms with Crippen LogP contribution in [0, 0.1) is 18.7 Å². The van der Waals surface area contributed by atoms with Gasteiger partial charge in [0, 0.05) is 6.04 Å². The van der Waals surface area contributed by atoms with E-state index in [0.29, 0.717) is 17.3 Å². The highest BCUT2D eigenvalue weighted by Gasteiger charge is 2.24. The number of hydrogen-bond acceptors (Lipinski definition) is 2. The first-order valence-corrected chi connectivity index (χ1v) is 6.42. The number of halogens is 1. The van der Waals surface area contributed by atoms with Crippen LogP contribution in [0.4, 0.5) is 15.8 Å². The van der Waals surface area contributed by atoms with Crippen LogP contribution in [0.15, 0.2) is 12.1 Å². The minimum atomic E-state index is -0.233. The normalized spacial score (nSPS) is 16.9. The molecule has 1 saturated carbocycles. The third kappa shape index (κ3) is 3.11. The van der Waals surface area contributed by atoms with Crippen molar-refractivity contribution in [1.29, 1.82) is 0 Å². The summed E-state index contributed by atoms with van der Waals surface area (Å²) in [6.07, 6.45) is 4.99. The van der Waals surface area contributed by atoms with Gasteiger partial charge in [0.15, 0.2) is 0 Å². The fourth-order valence-corrected chi connectivity index (χ4v) is 2.13. The van der Waals surface area contributed by atoms with Gasteiger partial charge in [0.25, 0.3) is 0 Å². The van der Waals surface area contributed by atoms with Crippen molar-refractivity contribution in [3.63, 3.8) is 0 Å². The van der Waals surface area contributed by atoms with Crippen molar-refractivity contribution < 1.29 is 4.39 Å². The van der Waals surface area contributed by atoms with Crippen molar-refractivity contribution in [1.82, 2.24) is 0 Å². The van der Waals surface area contributed by atoms with Gasteiger partial charge in [0.05, 0.1) is 11.4 Å². The number of aryl methyl sites for hydroxylation is 1. The second kappa shape index (κ2) is 4.94. The maximum atomic E-state index is 13.3. The number of benzene rings is 1. The average molecular weight is 236 g/mol. The zero-order valence-corrected chi connectivity index (χ0v) is 10.6. The van der Waals surface area contributed by atoms with Gasteiger partial charge in [-0.1, -0.05) is 19.8 Å². The Labute approximate surface area is 102 Å². The summed E-state index contributed by atoms with van der Waals surface area (Å²) in [7, 11) is 0. The second-order valence-electron chi connectivity index (χ2n) is 5.12. The molecular formula is C14H21FN2. The quantitative estimate of drug-likeness (QED) is 0.765. The molecule has 1 aliphatic carbocycles. The first-order valence-electron chi connectivity index (χ1n) is 6.42. The molecule has 94 valence electrons. The Morgan fingerprint density at radius 3 is 2.76 bits per heavy atom. The summed E-state index contributed by atoms with van der Waals surface area (Å²) in [5, 5.41) is 3.44. The summed E-state index contributed by atoms with van der Waals surface area (Å²) >= 11 is 0. The summed E-state index contributed by atoms with van der Waals surface area (Å²) in [6, 6.07) is 3.66. The van der Waals surface area contributed by atoms with E-state index in [2.05, 4.69) is 12.2 Å². The Bertz CT molecular complexity index is 399. The van der Waals surface area contributed by atoms with Crippen LogP contribution in [-0.2, 0) is 0 Å². The van der Waals surface area contributed by atoms with Gasteiger partial charge >= 0.3 is 0 Å². The summed E-state index contributed by atoms with van der Waals surface area (Å²) in [5.41, 5.74) is 7.85. The Morgan fingerprint density at radius 2 is 2.18 bits per heavy atom. The first kappa shape index (κ1) is 12.2. The van der Waals surface area contributed by atoms with E-state index in [0.717, 1.165) is 18.0 Å². The average Bonchev–Trinajstić information content (AvgIpc) is 3.08. The van der Waals surface area contributed by atoms with E-state index in [1.165, 1.54) is 25.3 Å². The number of hydrogen-bond donors (Lipinski definition) is 2. The zero-order valence-electron chi connectivity index (χ0n) is 10.6. The van der Waals surface area contributed by atoms with Gasteiger partial charge in [-0.25, -0.2) is 4.39 Å². The molecule has 1 unspecified atom stereocenters. The van der Waals surface area contributed by atoms with Crippen molar-refractivity contribution in [2.75, 3.05) is 11.1 Å². The maximum Gasteiger partial charge on any atom is 0.128 e. The van der Waals surface area contributed by atoms with Gasteiger partial charge in [-0.3, -0.25) is 0 Å². The number of nitrogens with two attached hydrogens (primary N) is 1. The van der Waals surface area contributed by atoms with Crippen LogP contribution in [-0.4, -0.2) is 6.04 Å². The Kier molecular flexibility index (Phi) is 3.55. The largest absolute Gasteiger partial charge is 0.397 e. The van der Waals surface area contributed by atoms with E-state index < -0.39 is 0 Å². The molecule has 0 aliphatic heterocycles. The van der Waals surface area contributed by atoms with Crippen LogP contribution < -0.4 is 11.1 Å². The molecule has 1 atom stereocenters. The van der Waals surface area contributed by atoms with E-state index in [1.807, 2.05) is 0 Å². The van der Waals surface area contributed by atoms with Gasteiger partial charge in [-0.15, -0.1) is 0 Å². The van der Waals surface area contributed by atoms with E-state index in [9.17, 15) is 4.39 Å². The van der Waals surface area contributed by atoms with Crippen molar-refractivity contribution >= 4 is 11.4 Å². The minimum absolute atomic E-state index is 0.233. The number of nitrogen functional groups attached to an aromatic ring is 1. The summed E-state index contributed by atoms with van der Waals surface area (Å²) < 4.78 is 13.3. The van der Waals surface area contributed by atoms with Crippen LogP contribution in [0.25, 0.3) is 0 Å². The predicted molar refractivity (Wildman–Crippen MR) is 70.6 cm³/mol. The number of rotatable bonds is 5. The monoisotopic (exact) mass is 236 g/mol. The van der Waals surface area contributed by atoms with Crippen molar-refractivity contribution in [2.24, 2.45) is 5.92 Å². The van der Waals surface area contributed by atoms with Crippen LogP contribution in [0.3, 0.4) is 0 Å². The lowest BCUT2D eigenvalue weighted by atomic mass is 10.1. The summed E-state index contributed by atoms with van der Waals surface area (Å²) in [5.74, 6) is 0.651. The molecule has 3 N–H and O–H groups in total. The molecule has 2 nitrogen and oxygen atoms in total. The lowest BCUT2D eigenvalue weighted by molar-refractivity contribution is 0.586. The van der Waals surface area contributed by atoms with Gasteiger partial charge < -0.3 is 11.1 Å². The molecule has 0 radical (unpaired) electrons. The lowest BCUT2D eigenvalue weighted by Crippen LogP contribution is -2.20. The van der Waals surface area contributed by atoms with Crippen LogP contribution in [0.5, 0.6) is 0 Å². The third-order valence-electron chi connectivity index (χ3n) is 3.50.